The molecule has 0 spiro atoms. The fourth-order valence-electron chi connectivity index (χ4n) is 2.32. The normalized spacial score (nSPS) is 14.4. The largest absolute Gasteiger partial charge is 0.314 e. The maximum Gasteiger partial charge on any atom is 0.0529 e. The maximum atomic E-state index is 12.2. The Kier molecular flexibility index (Phi) is 8.08. The molecule has 1 aromatic carbocycles. The molecular weight excluding hydrogens is 266 g/mol. The SMILES string of the molecule is CCNC(CC)CCCS(=O)c1ccc(C(C)C)cc1. The van der Waals surface area contributed by atoms with Gasteiger partial charge in [-0.3, -0.25) is 4.21 Å². The van der Waals surface area contributed by atoms with E-state index >= 15 is 0 Å². The first kappa shape index (κ1) is 17.4. The molecule has 2 unspecified atom stereocenters. The minimum atomic E-state index is -0.855. The molecule has 20 heavy (non-hydrogen) atoms. The summed E-state index contributed by atoms with van der Waals surface area (Å²) in [6.07, 6.45) is 3.27. The lowest BCUT2D eigenvalue weighted by atomic mass is 10.0. The Bertz CT molecular complexity index is 400. The maximum absolute atomic E-state index is 12.2. The highest BCUT2D eigenvalue weighted by Gasteiger charge is 2.08. The van der Waals surface area contributed by atoms with Crippen LogP contribution in [0.4, 0.5) is 0 Å². The van der Waals surface area contributed by atoms with Crippen LogP contribution in [0.2, 0.25) is 0 Å². The fraction of sp³-hybridized carbons (Fsp3) is 0.647. The molecule has 114 valence electrons. The third kappa shape index (κ3) is 5.76. The van der Waals surface area contributed by atoms with Crippen LogP contribution in [0.5, 0.6) is 0 Å². The Morgan fingerprint density at radius 2 is 1.80 bits per heavy atom. The van der Waals surface area contributed by atoms with Crippen molar-refractivity contribution in [2.75, 3.05) is 12.3 Å². The van der Waals surface area contributed by atoms with Gasteiger partial charge in [-0.25, -0.2) is 0 Å². The van der Waals surface area contributed by atoms with Crippen molar-refractivity contribution in [3.8, 4) is 0 Å². The fourth-order valence-corrected chi connectivity index (χ4v) is 3.43. The number of benzene rings is 1. The smallest absolute Gasteiger partial charge is 0.0529 e. The summed E-state index contributed by atoms with van der Waals surface area (Å²) in [5, 5.41) is 3.47. The summed E-state index contributed by atoms with van der Waals surface area (Å²) >= 11 is 0. The Labute approximate surface area is 126 Å². The highest BCUT2D eigenvalue weighted by Crippen LogP contribution is 2.17. The van der Waals surface area contributed by atoms with Crippen molar-refractivity contribution in [3.05, 3.63) is 29.8 Å². The molecule has 0 radical (unpaired) electrons. The lowest BCUT2D eigenvalue weighted by molar-refractivity contribution is 0.476. The van der Waals surface area contributed by atoms with Gasteiger partial charge < -0.3 is 5.32 Å². The van der Waals surface area contributed by atoms with Crippen LogP contribution < -0.4 is 5.32 Å². The second-order valence-corrected chi connectivity index (χ2v) is 7.15. The summed E-state index contributed by atoms with van der Waals surface area (Å²) in [6, 6.07) is 8.82. The quantitative estimate of drug-likeness (QED) is 0.743. The van der Waals surface area contributed by atoms with Crippen LogP contribution in [0.15, 0.2) is 29.2 Å². The van der Waals surface area contributed by atoms with Crippen LogP contribution in [0, 0.1) is 0 Å². The van der Waals surface area contributed by atoms with Gasteiger partial charge in [0.2, 0.25) is 0 Å². The molecule has 1 rings (SSSR count). The lowest BCUT2D eigenvalue weighted by Crippen LogP contribution is -2.28. The van der Waals surface area contributed by atoms with Crippen LogP contribution >= 0.6 is 0 Å². The van der Waals surface area contributed by atoms with Crippen LogP contribution in [0.3, 0.4) is 0 Å². The second-order valence-electron chi connectivity index (χ2n) is 5.58. The standard InChI is InChI=1S/C17H29NOS/c1-5-16(18-6-2)8-7-13-20(19)17-11-9-15(10-12-17)14(3)4/h9-12,14,16,18H,5-8,13H2,1-4H3. The predicted octanol–water partition coefficient (Wildman–Crippen LogP) is 4.09. The van der Waals surface area contributed by atoms with Crippen molar-refractivity contribution in [1.82, 2.24) is 5.32 Å². The van der Waals surface area contributed by atoms with E-state index in [4.69, 9.17) is 0 Å². The van der Waals surface area contributed by atoms with Gasteiger partial charge in [-0.2, -0.15) is 0 Å². The highest BCUT2D eigenvalue weighted by molar-refractivity contribution is 7.85. The summed E-state index contributed by atoms with van der Waals surface area (Å²) in [4.78, 5) is 0.964. The van der Waals surface area contributed by atoms with Crippen molar-refractivity contribution in [3.63, 3.8) is 0 Å². The van der Waals surface area contributed by atoms with E-state index in [-0.39, 0.29) is 0 Å². The summed E-state index contributed by atoms with van der Waals surface area (Å²) in [6.45, 7) is 9.71. The summed E-state index contributed by atoms with van der Waals surface area (Å²) in [5.41, 5.74) is 1.31. The van der Waals surface area contributed by atoms with Gasteiger partial charge in [0.25, 0.3) is 0 Å². The Hall–Kier alpha value is -0.670. The molecule has 0 amide bonds. The zero-order chi connectivity index (χ0) is 15.0. The van der Waals surface area contributed by atoms with Crippen LogP contribution in [0.25, 0.3) is 0 Å². The van der Waals surface area contributed by atoms with E-state index in [1.165, 1.54) is 5.56 Å². The van der Waals surface area contributed by atoms with Gasteiger partial charge >= 0.3 is 0 Å². The molecule has 0 saturated heterocycles. The van der Waals surface area contributed by atoms with Crippen LogP contribution in [0.1, 0.15) is 58.4 Å². The molecule has 0 aliphatic rings. The van der Waals surface area contributed by atoms with Crippen molar-refractivity contribution >= 4 is 10.8 Å². The number of hydrogen-bond acceptors (Lipinski definition) is 2. The molecule has 0 aromatic heterocycles. The third-order valence-corrected chi connectivity index (χ3v) is 5.13. The molecule has 0 aliphatic heterocycles. The van der Waals surface area contributed by atoms with Crippen LogP contribution in [-0.2, 0) is 10.8 Å². The van der Waals surface area contributed by atoms with Gasteiger partial charge in [-0.05, 0) is 49.4 Å². The zero-order valence-corrected chi connectivity index (χ0v) is 14.1. The second kappa shape index (κ2) is 9.30. The van der Waals surface area contributed by atoms with E-state index in [1.807, 2.05) is 12.1 Å². The molecule has 2 nitrogen and oxygen atoms in total. The number of nitrogens with one attached hydrogen (secondary N) is 1. The van der Waals surface area contributed by atoms with E-state index in [0.717, 1.165) is 36.5 Å². The molecule has 3 heteroatoms. The van der Waals surface area contributed by atoms with Gasteiger partial charge in [-0.1, -0.05) is 39.8 Å². The Morgan fingerprint density at radius 3 is 2.30 bits per heavy atom. The number of hydrogen-bond donors (Lipinski definition) is 1. The first-order valence-electron chi connectivity index (χ1n) is 7.80. The minimum Gasteiger partial charge on any atom is -0.314 e. The van der Waals surface area contributed by atoms with Crippen molar-refractivity contribution in [2.45, 2.75) is 63.8 Å². The minimum absolute atomic E-state index is 0.530. The molecule has 1 aromatic rings. The predicted molar refractivity (Wildman–Crippen MR) is 88.8 cm³/mol. The van der Waals surface area contributed by atoms with E-state index in [9.17, 15) is 4.21 Å². The van der Waals surface area contributed by atoms with Gasteiger partial charge in [-0.15, -0.1) is 0 Å². The van der Waals surface area contributed by atoms with E-state index < -0.39 is 10.8 Å². The van der Waals surface area contributed by atoms with Crippen molar-refractivity contribution < 1.29 is 4.21 Å². The Morgan fingerprint density at radius 1 is 1.15 bits per heavy atom. The highest BCUT2D eigenvalue weighted by atomic mass is 32.2. The van der Waals surface area contributed by atoms with Gasteiger partial charge in [0.15, 0.2) is 0 Å². The first-order valence-corrected chi connectivity index (χ1v) is 9.12. The first-order chi connectivity index (χ1) is 9.58. The molecule has 0 aliphatic carbocycles. The monoisotopic (exact) mass is 295 g/mol. The summed E-state index contributed by atoms with van der Waals surface area (Å²) < 4.78 is 12.2. The topological polar surface area (TPSA) is 29.1 Å². The van der Waals surface area contributed by atoms with E-state index in [2.05, 4.69) is 45.1 Å². The summed E-state index contributed by atoms with van der Waals surface area (Å²) in [7, 11) is -0.855. The van der Waals surface area contributed by atoms with Gasteiger partial charge in [0.1, 0.15) is 0 Å². The molecule has 0 fully saturated rings. The zero-order valence-electron chi connectivity index (χ0n) is 13.3. The van der Waals surface area contributed by atoms with E-state index in [0.29, 0.717) is 12.0 Å². The summed E-state index contributed by atoms with van der Waals surface area (Å²) in [5.74, 6) is 1.30. The van der Waals surface area contributed by atoms with Gasteiger partial charge in [0.05, 0.1) is 10.8 Å². The van der Waals surface area contributed by atoms with Crippen LogP contribution in [-0.4, -0.2) is 22.5 Å². The number of rotatable bonds is 9. The average Bonchev–Trinajstić information content (AvgIpc) is 2.46. The lowest BCUT2D eigenvalue weighted by Gasteiger charge is -2.15. The average molecular weight is 295 g/mol. The molecule has 2 atom stereocenters. The van der Waals surface area contributed by atoms with Gasteiger partial charge in [0, 0.05) is 16.7 Å². The third-order valence-electron chi connectivity index (χ3n) is 3.68. The van der Waals surface area contributed by atoms with Crippen molar-refractivity contribution in [2.24, 2.45) is 0 Å². The van der Waals surface area contributed by atoms with Crippen molar-refractivity contribution in [1.29, 1.82) is 0 Å². The molecular formula is C17H29NOS. The molecule has 0 bridgehead atoms. The Balaban J connectivity index is 2.42. The molecule has 1 N–H and O–H groups in total. The molecule has 0 heterocycles. The molecule has 0 saturated carbocycles. The van der Waals surface area contributed by atoms with E-state index in [1.54, 1.807) is 0 Å².